The molecule has 1 aliphatic heterocycles. The fourth-order valence-corrected chi connectivity index (χ4v) is 3.01. The average Bonchev–Trinajstić information content (AvgIpc) is 2.57. The van der Waals surface area contributed by atoms with Crippen molar-refractivity contribution in [2.75, 3.05) is 19.6 Å². The van der Waals surface area contributed by atoms with Crippen LogP contribution in [0, 0.1) is 5.92 Å². The molecule has 126 valence electrons. The van der Waals surface area contributed by atoms with Gasteiger partial charge in [-0.3, -0.25) is 9.59 Å². The summed E-state index contributed by atoms with van der Waals surface area (Å²) in [5.41, 5.74) is 1.16. The van der Waals surface area contributed by atoms with Gasteiger partial charge in [-0.2, -0.15) is 0 Å². The average molecular weight is 337 g/mol. The van der Waals surface area contributed by atoms with E-state index in [1.165, 1.54) is 0 Å². The van der Waals surface area contributed by atoms with Gasteiger partial charge >= 0.3 is 0 Å². The first-order chi connectivity index (χ1) is 11.1. The lowest BCUT2D eigenvalue weighted by Gasteiger charge is -2.31. The Morgan fingerprint density at radius 2 is 1.87 bits per heavy atom. The molecular weight excluding hydrogens is 312 g/mol. The quantitative estimate of drug-likeness (QED) is 0.868. The molecule has 2 amide bonds. The molecule has 0 unspecified atom stereocenters. The minimum absolute atomic E-state index is 0.0332. The van der Waals surface area contributed by atoms with Gasteiger partial charge in [-0.15, -0.1) is 0 Å². The molecule has 1 heterocycles. The van der Waals surface area contributed by atoms with Gasteiger partial charge in [0.15, 0.2) is 0 Å². The Morgan fingerprint density at radius 3 is 2.48 bits per heavy atom. The Bertz CT molecular complexity index is 522. The summed E-state index contributed by atoms with van der Waals surface area (Å²) in [6, 6.07) is 7.68. The molecule has 1 saturated heterocycles. The van der Waals surface area contributed by atoms with Gasteiger partial charge in [0.05, 0.1) is 0 Å². The van der Waals surface area contributed by atoms with Crippen LogP contribution in [0.2, 0.25) is 5.02 Å². The molecule has 0 aromatic heterocycles. The summed E-state index contributed by atoms with van der Waals surface area (Å²) < 4.78 is 0. The maximum atomic E-state index is 12.2. The minimum Gasteiger partial charge on any atom is -0.356 e. The zero-order valence-electron chi connectivity index (χ0n) is 13.7. The largest absolute Gasteiger partial charge is 0.356 e. The maximum absolute atomic E-state index is 12.2. The van der Waals surface area contributed by atoms with E-state index in [-0.39, 0.29) is 17.7 Å². The summed E-state index contributed by atoms with van der Waals surface area (Å²) in [6.45, 7) is 4.05. The third-order valence-corrected chi connectivity index (χ3v) is 4.56. The van der Waals surface area contributed by atoms with Crippen LogP contribution >= 0.6 is 11.6 Å². The van der Waals surface area contributed by atoms with Crippen LogP contribution in [0.3, 0.4) is 0 Å². The molecule has 2 rings (SSSR count). The van der Waals surface area contributed by atoms with Crippen LogP contribution in [0.25, 0.3) is 0 Å². The van der Waals surface area contributed by atoms with E-state index < -0.39 is 0 Å². The normalized spacial score (nSPS) is 15.5. The molecule has 1 aromatic rings. The first-order valence-corrected chi connectivity index (χ1v) is 8.78. The molecule has 4 nitrogen and oxygen atoms in total. The smallest absolute Gasteiger partial charge is 0.223 e. The van der Waals surface area contributed by atoms with E-state index in [0.717, 1.165) is 36.3 Å². The van der Waals surface area contributed by atoms with E-state index in [9.17, 15) is 9.59 Å². The Hall–Kier alpha value is -1.55. The van der Waals surface area contributed by atoms with Gasteiger partial charge in [-0.05, 0) is 43.4 Å². The molecule has 1 aromatic carbocycles. The van der Waals surface area contributed by atoms with E-state index in [4.69, 9.17) is 11.6 Å². The van der Waals surface area contributed by atoms with Crippen molar-refractivity contribution in [2.24, 2.45) is 5.92 Å². The lowest BCUT2D eigenvalue weighted by Crippen LogP contribution is -2.43. The predicted molar refractivity (Wildman–Crippen MR) is 92.4 cm³/mol. The number of likely N-dealkylation sites (tertiary alicyclic amines) is 1. The standard InChI is InChI=1S/C18H25ClN2O2/c1-2-3-17(22)21-12-9-15(10-13-21)18(23)20-11-8-14-4-6-16(19)7-5-14/h4-7,15H,2-3,8-13H2,1H3,(H,20,23). The number of halogens is 1. The molecule has 0 atom stereocenters. The topological polar surface area (TPSA) is 49.4 Å². The SMILES string of the molecule is CCCC(=O)N1CCC(C(=O)NCCc2ccc(Cl)cc2)CC1. The van der Waals surface area contributed by atoms with Gasteiger partial charge in [-0.1, -0.05) is 30.7 Å². The van der Waals surface area contributed by atoms with Crippen LogP contribution in [-0.2, 0) is 16.0 Å². The molecule has 1 aliphatic rings. The van der Waals surface area contributed by atoms with Gasteiger partial charge in [0.2, 0.25) is 11.8 Å². The van der Waals surface area contributed by atoms with E-state index in [1.807, 2.05) is 36.1 Å². The highest BCUT2D eigenvalue weighted by Gasteiger charge is 2.26. The van der Waals surface area contributed by atoms with Crippen molar-refractivity contribution in [3.05, 3.63) is 34.9 Å². The fourth-order valence-electron chi connectivity index (χ4n) is 2.89. The molecule has 0 bridgehead atoms. The van der Waals surface area contributed by atoms with E-state index in [0.29, 0.717) is 26.1 Å². The predicted octanol–water partition coefficient (Wildman–Crippen LogP) is 3.04. The first-order valence-electron chi connectivity index (χ1n) is 8.40. The second-order valence-electron chi connectivity index (χ2n) is 6.07. The molecule has 5 heteroatoms. The number of amides is 2. The van der Waals surface area contributed by atoms with Crippen molar-refractivity contribution in [3.63, 3.8) is 0 Å². The molecule has 0 saturated carbocycles. The first kappa shape index (κ1) is 17.8. The Kier molecular flexibility index (Phi) is 6.90. The molecule has 23 heavy (non-hydrogen) atoms. The van der Waals surface area contributed by atoms with Crippen LogP contribution < -0.4 is 5.32 Å². The highest BCUT2D eigenvalue weighted by molar-refractivity contribution is 6.30. The van der Waals surface area contributed by atoms with Gasteiger partial charge in [-0.25, -0.2) is 0 Å². The van der Waals surface area contributed by atoms with Crippen molar-refractivity contribution in [1.82, 2.24) is 10.2 Å². The summed E-state index contributed by atoms with van der Waals surface area (Å²) >= 11 is 5.85. The van der Waals surface area contributed by atoms with Crippen molar-refractivity contribution in [1.29, 1.82) is 0 Å². The Labute approximate surface area is 143 Å². The van der Waals surface area contributed by atoms with Gasteiger partial charge in [0.1, 0.15) is 0 Å². The summed E-state index contributed by atoms with van der Waals surface area (Å²) in [5.74, 6) is 0.363. The molecule has 0 radical (unpaired) electrons. The Morgan fingerprint density at radius 1 is 1.22 bits per heavy atom. The Balaban J connectivity index is 1.68. The number of carbonyl (C=O) groups excluding carboxylic acids is 2. The third kappa shape index (κ3) is 5.54. The molecule has 0 aliphatic carbocycles. The highest BCUT2D eigenvalue weighted by Crippen LogP contribution is 2.18. The lowest BCUT2D eigenvalue weighted by atomic mass is 9.95. The maximum Gasteiger partial charge on any atom is 0.223 e. The van der Waals surface area contributed by atoms with Crippen molar-refractivity contribution < 1.29 is 9.59 Å². The fraction of sp³-hybridized carbons (Fsp3) is 0.556. The number of piperidine rings is 1. The molecule has 1 N–H and O–H groups in total. The van der Waals surface area contributed by atoms with E-state index in [2.05, 4.69) is 5.32 Å². The van der Waals surface area contributed by atoms with Crippen LogP contribution in [0.1, 0.15) is 38.2 Å². The van der Waals surface area contributed by atoms with Gasteiger partial charge in [0.25, 0.3) is 0 Å². The number of carbonyl (C=O) groups is 2. The molecule has 1 fully saturated rings. The number of hydrogen-bond donors (Lipinski definition) is 1. The monoisotopic (exact) mass is 336 g/mol. The lowest BCUT2D eigenvalue weighted by molar-refractivity contribution is -0.135. The number of nitrogens with one attached hydrogen (secondary N) is 1. The van der Waals surface area contributed by atoms with Gasteiger partial charge < -0.3 is 10.2 Å². The second kappa shape index (κ2) is 8.92. The third-order valence-electron chi connectivity index (χ3n) is 4.31. The number of nitrogens with zero attached hydrogens (tertiary/aromatic N) is 1. The van der Waals surface area contributed by atoms with Crippen LogP contribution in [0.4, 0.5) is 0 Å². The molecule has 0 spiro atoms. The molecular formula is C18H25ClN2O2. The second-order valence-corrected chi connectivity index (χ2v) is 6.51. The van der Waals surface area contributed by atoms with Crippen LogP contribution in [-0.4, -0.2) is 36.3 Å². The van der Waals surface area contributed by atoms with E-state index in [1.54, 1.807) is 0 Å². The zero-order chi connectivity index (χ0) is 16.7. The summed E-state index contributed by atoms with van der Waals surface area (Å²) in [5, 5.41) is 3.73. The number of benzene rings is 1. The highest BCUT2D eigenvalue weighted by atomic mass is 35.5. The minimum atomic E-state index is 0.0332. The summed E-state index contributed by atoms with van der Waals surface area (Å²) in [6.07, 6.45) is 3.82. The summed E-state index contributed by atoms with van der Waals surface area (Å²) in [7, 11) is 0. The zero-order valence-corrected chi connectivity index (χ0v) is 14.4. The van der Waals surface area contributed by atoms with E-state index >= 15 is 0 Å². The van der Waals surface area contributed by atoms with Crippen LogP contribution in [0.15, 0.2) is 24.3 Å². The van der Waals surface area contributed by atoms with Crippen molar-refractivity contribution in [3.8, 4) is 0 Å². The number of rotatable bonds is 6. The van der Waals surface area contributed by atoms with Crippen molar-refractivity contribution >= 4 is 23.4 Å². The van der Waals surface area contributed by atoms with Gasteiger partial charge in [0, 0.05) is 37.0 Å². The van der Waals surface area contributed by atoms with Crippen molar-refractivity contribution in [2.45, 2.75) is 39.0 Å². The summed E-state index contributed by atoms with van der Waals surface area (Å²) in [4.78, 5) is 25.9. The number of hydrogen-bond acceptors (Lipinski definition) is 2. The van der Waals surface area contributed by atoms with Crippen LogP contribution in [0.5, 0.6) is 0 Å².